The Morgan fingerprint density at radius 2 is 1.77 bits per heavy atom. The number of hydrogen-bond donors (Lipinski definition) is 1. The van der Waals surface area contributed by atoms with Gasteiger partial charge in [-0.1, -0.05) is 42.5 Å². The number of rotatable bonds is 6. The van der Waals surface area contributed by atoms with Crippen molar-refractivity contribution in [2.75, 3.05) is 12.1 Å². The van der Waals surface area contributed by atoms with Gasteiger partial charge in [-0.25, -0.2) is 0 Å². The molecular weight excluding hydrogens is 514 g/mol. The molecule has 3 amide bonds. The average Bonchev–Trinajstić information content (AvgIpc) is 3.57. The number of anilines is 1. The Morgan fingerprint density at radius 3 is 2.62 bits per heavy atom. The Hall–Kier alpha value is -4.50. The number of amides is 3. The second-order valence-electron chi connectivity index (χ2n) is 9.41. The minimum atomic E-state index is -0.315. The standard InChI is InChI=1S/C30H25N3O5S/c1-18-7-3-4-8-20(18)15-33-29(35)27(39-30(33)36)14-23-19(2)32(24-10-6-5-9-22(23)24)16-28(34)31-21-11-12-25-26(13-21)38-17-37-25/h3-14H,15-17H2,1-2H3,(H,31,34)/b27-14-. The van der Waals surface area contributed by atoms with Gasteiger partial charge >= 0.3 is 0 Å². The lowest BCUT2D eigenvalue weighted by molar-refractivity contribution is -0.123. The number of fused-ring (bicyclic) bond motifs is 2. The van der Waals surface area contributed by atoms with Crippen LogP contribution in [0.4, 0.5) is 10.5 Å². The molecule has 2 aliphatic heterocycles. The molecule has 4 aromatic rings. The molecule has 0 saturated carbocycles. The van der Waals surface area contributed by atoms with Gasteiger partial charge in [-0.15, -0.1) is 0 Å². The summed E-state index contributed by atoms with van der Waals surface area (Å²) < 4.78 is 12.7. The molecule has 2 aliphatic rings. The summed E-state index contributed by atoms with van der Waals surface area (Å²) in [7, 11) is 0. The summed E-state index contributed by atoms with van der Waals surface area (Å²) in [5, 5.41) is 3.53. The first-order chi connectivity index (χ1) is 18.9. The highest BCUT2D eigenvalue weighted by atomic mass is 32.2. The van der Waals surface area contributed by atoms with E-state index in [1.54, 1.807) is 24.3 Å². The maximum Gasteiger partial charge on any atom is 0.293 e. The number of carbonyl (C=O) groups excluding carboxylic acids is 3. The number of nitrogens with zero attached hydrogens (tertiary/aromatic N) is 2. The molecule has 0 unspecified atom stereocenters. The molecule has 8 nitrogen and oxygen atoms in total. The zero-order valence-corrected chi connectivity index (χ0v) is 22.2. The molecule has 1 aromatic heterocycles. The third-order valence-electron chi connectivity index (χ3n) is 6.98. The van der Waals surface area contributed by atoms with Crippen molar-refractivity contribution in [3.8, 4) is 11.5 Å². The maximum absolute atomic E-state index is 13.3. The Bertz CT molecular complexity index is 1690. The summed E-state index contributed by atoms with van der Waals surface area (Å²) in [4.78, 5) is 40.8. The summed E-state index contributed by atoms with van der Waals surface area (Å²) in [5.41, 5.74) is 5.06. The third-order valence-corrected chi connectivity index (χ3v) is 7.88. The van der Waals surface area contributed by atoms with Crippen molar-refractivity contribution in [1.82, 2.24) is 9.47 Å². The third kappa shape index (κ3) is 4.66. The normalized spacial score (nSPS) is 15.5. The van der Waals surface area contributed by atoms with Crippen LogP contribution in [0, 0.1) is 13.8 Å². The number of aromatic nitrogens is 1. The fraction of sp³-hybridized carbons (Fsp3) is 0.167. The molecule has 0 spiro atoms. The van der Waals surface area contributed by atoms with Crippen LogP contribution in [0.1, 0.15) is 22.4 Å². The number of thioether (sulfide) groups is 1. The minimum Gasteiger partial charge on any atom is -0.454 e. The van der Waals surface area contributed by atoms with Crippen molar-refractivity contribution in [1.29, 1.82) is 0 Å². The average molecular weight is 540 g/mol. The van der Waals surface area contributed by atoms with Gasteiger partial charge in [-0.3, -0.25) is 19.3 Å². The predicted molar refractivity (Wildman–Crippen MR) is 151 cm³/mol. The van der Waals surface area contributed by atoms with Gasteiger partial charge in [0.05, 0.1) is 11.4 Å². The van der Waals surface area contributed by atoms with Crippen molar-refractivity contribution >= 4 is 51.5 Å². The van der Waals surface area contributed by atoms with Crippen molar-refractivity contribution in [3.63, 3.8) is 0 Å². The molecule has 0 radical (unpaired) electrons. The number of ether oxygens (including phenoxy) is 2. The summed E-state index contributed by atoms with van der Waals surface area (Å²) in [6.45, 7) is 4.34. The van der Waals surface area contributed by atoms with Gasteiger partial charge in [0, 0.05) is 33.9 Å². The largest absolute Gasteiger partial charge is 0.454 e. The number of aryl methyl sites for hydroxylation is 1. The maximum atomic E-state index is 13.3. The summed E-state index contributed by atoms with van der Waals surface area (Å²) in [5.74, 6) is 0.718. The topological polar surface area (TPSA) is 89.9 Å². The summed E-state index contributed by atoms with van der Waals surface area (Å²) in [6, 6.07) is 20.7. The molecule has 0 atom stereocenters. The first-order valence-corrected chi connectivity index (χ1v) is 13.3. The van der Waals surface area contributed by atoms with E-state index >= 15 is 0 Å². The molecule has 39 heavy (non-hydrogen) atoms. The van der Waals surface area contributed by atoms with Gasteiger partial charge in [0.25, 0.3) is 11.1 Å². The number of nitrogens with one attached hydrogen (secondary N) is 1. The van der Waals surface area contributed by atoms with Gasteiger partial charge < -0.3 is 19.4 Å². The zero-order valence-electron chi connectivity index (χ0n) is 21.4. The Balaban J connectivity index is 1.27. The minimum absolute atomic E-state index is 0.0728. The fourth-order valence-electron chi connectivity index (χ4n) is 4.89. The fourth-order valence-corrected chi connectivity index (χ4v) is 5.71. The van der Waals surface area contributed by atoms with E-state index in [0.717, 1.165) is 45.0 Å². The quantitative estimate of drug-likeness (QED) is 0.309. The lowest BCUT2D eigenvalue weighted by Gasteiger charge is -2.14. The number of hydrogen-bond acceptors (Lipinski definition) is 6. The molecule has 1 saturated heterocycles. The Morgan fingerprint density at radius 1 is 1.00 bits per heavy atom. The van der Waals surface area contributed by atoms with Crippen LogP contribution in [-0.4, -0.2) is 33.3 Å². The number of para-hydroxylation sites is 1. The zero-order chi connectivity index (χ0) is 27.1. The second kappa shape index (κ2) is 9.99. The van der Waals surface area contributed by atoms with Gasteiger partial charge in [-0.2, -0.15) is 0 Å². The molecule has 9 heteroatoms. The van der Waals surface area contributed by atoms with Crippen LogP contribution in [0.2, 0.25) is 0 Å². The van der Waals surface area contributed by atoms with Gasteiger partial charge in [0.2, 0.25) is 12.7 Å². The molecule has 1 fully saturated rings. The number of imide groups is 1. The molecule has 0 aliphatic carbocycles. The summed E-state index contributed by atoms with van der Waals surface area (Å²) in [6.07, 6.45) is 1.77. The Labute approximate surface area is 229 Å². The monoisotopic (exact) mass is 539 g/mol. The highest BCUT2D eigenvalue weighted by Crippen LogP contribution is 2.37. The van der Waals surface area contributed by atoms with Crippen LogP contribution in [0.3, 0.4) is 0 Å². The van der Waals surface area contributed by atoms with E-state index in [-0.39, 0.29) is 36.9 Å². The van der Waals surface area contributed by atoms with Crippen molar-refractivity contribution in [3.05, 3.63) is 94.0 Å². The molecule has 1 N–H and O–H groups in total. The molecular formula is C30H25N3O5S. The first-order valence-electron chi connectivity index (χ1n) is 12.5. The first kappa shape index (κ1) is 24.8. The van der Waals surface area contributed by atoms with E-state index in [9.17, 15) is 14.4 Å². The van der Waals surface area contributed by atoms with Crippen LogP contribution in [0.25, 0.3) is 17.0 Å². The number of benzene rings is 3. The molecule has 0 bridgehead atoms. The van der Waals surface area contributed by atoms with Crippen LogP contribution < -0.4 is 14.8 Å². The van der Waals surface area contributed by atoms with Crippen LogP contribution in [-0.2, 0) is 22.7 Å². The van der Waals surface area contributed by atoms with Gasteiger partial charge in [-0.05, 0) is 61.0 Å². The SMILES string of the molecule is Cc1ccccc1CN1C(=O)S/C(=C\c2c(C)n(CC(=O)Nc3ccc4c(c3)OCO4)c3ccccc23)C1=O. The smallest absolute Gasteiger partial charge is 0.293 e. The van der Waals surface area contributed by atoms with Gasteiger partial charge in [0.1, 0.15) is 6.54 Å². The van der Waals surface area contributed by atoms with Gasteiger partial charge in [0.15, 0.2) is 11.5 Å². The molecule has 3 heterocycles. The predicted octanol–water partition coefficient (Wildman–Crippen LogP) is 5.86. The van der Waals surface area contributed by atoms with Crippen molar-refractivity contribution < 1.29 is 23.9 Å². The van der Waals surface area contributed by atoms with E-state index in [4.69, 9.17) is 9.47 Å². The number of carbonyl (C=O) groups is 3. The van der Waals surface area contributed by atoms with Crippen molar-refractivity contribution in [2.24, 2.45) is 0 Å². The highest BCUT2D eigenvalue weighted by Gasteiger charge is 2.35. The van der Waals surface area contributed by atoms with E-state index in [2.05, 4.69) is 5.32 Å². The van der Waals surface area contributed by atoms with E-state index < -0.39 is 0 Å². The molecule has 6 rings (SSSR count). The lowest BCUT2D eigenvalue weighted by atomic mass is 10.1. The molecule has 196 valence electrons. The van der Waals surface area contributed by atoms with Crippen LogP contribution in [0.5, 0.6) is 11.5 Å². The highest BCUT2D eigenvalue weighted by molar-refractivity contribution is 8.18. The van der Waals surface area contributed by atoms with Crippen molar-refractivity contribution in [2.45, 2.75) is 26.9 Å². The molecule has 3 aromatic carbocycles. The van der Waals surface area contributed by atoms with E-state index in [0.29, 0.717) is 22.1 Å². The van der Waals surface area contributed by atoms with Crippen LogP contribution >= 0.6 is 11.8 Å². The lowest BCUT2D eigenvalue weighted by Crippen LogP contribution is -2.27. The summed E-state index contributed by atoms with van der Waals surface area (Å²) >= 11 is 0.942. The van der Waals surface area contributed by atoms with E-state index in [1.807, 2.05) is 66.9 Å². The van der Waals surface area contributed by atoms with E-state index in [1.165, 1.54) is 4.90 Å². The Kier molecular flexibility index (Phi) is 6.36. The second-order valence-corrected chi connectivity index (χ2v) is 10.4. The van der Waals surface area contributed by atoms with Crippen LogP contribution in [0.15, 0.2) is 71.6 Å².